The van der Waals surface area contributed by atoms with Gasteiger partial charge in [-0.15, -0.1) is 0 Å². The number of aryl methyl sites for hydroxylation is 1. The minimum atomic E-state index is -0.00628. The van der Waals surface area contributed by atoms with Gasteiger partial charge in [0, 0.05) is 32.6 Å². The minimum Gasteiger partial charge on any atom is -0.429 e. The molecule has 1 aromatic rings. The largest absolute Gasteiger partial charge is 0.429 e. The molecule has 0 atom stereocenters. The van der Waals surface area contributed by atoms with Crippen molar-refractivity contribution >= 4 is 18.8 Å². The summed E-state index contributed by atoms with van der Waals surface area (Å²) in [7, 11) is 3.45. The summed E-state index contributed by atoms with van der Waals surface area (Å²) >= 11 is 3.69. The van der Waals surface area contributed by atoms with Crippen LogP contribution in [0.3, 0.4) is 0 Å². The maximum atomic E-state index is 11.6. The van der Waals surface area contributed by atoms with Crippen molar-refractivity contribution in [1.29, 1.82) is 0 Å². The molecule has 0 N–H and O–H groups in total. The van der Waals surface area contributed by atoms with Crippen LogP contribution < -0.4 is 4.18 Å². The molecule has 0 saturated heterocycles. The lowest BCUT2D eigenvalue weighted by atomic mass is 10.1. The van der Waals surface area contributed by atoms with E-state index in [4.69, 9.17) is 4.18 Å². The molecule has 0 aliphatic carbocycles. The highest BCUT2D eigenvalue weighted by Gasteiger charge is 2.11. The van der Waals surface area contributed by atoms with Gasteiger partial charge >= 0.3 is 0 Å². The Hall–Kier alpha value is -1.16. The zero-order valence-electron chi connectivity index (χ0n) is 8.44. The van der Waals surface area contributed by atoms with E-state index in [1.54, 1.807) is 37.2 Å². The monoisotopic (exact) mass is 211 g/mol. The normalized spacial score (nSPS) is 9.71. The number of hydrogen-bond donors (Lipinski definition) is 1. The van der Waals surface area contributed by atoms with Crippen LogP contribution in [0.15, 0.2) is 18.2 Å². The van der Waals surface area contributed by atoms with Gasteiger partial charge in [0.15, 0.2) is 0 Å². The number of benzene rings is 1. The number of rotatable bonds is 2. The number of hydrogen-bond acceptors (Lipinski definition) is 3. The van der Waals surface area contributed by atoms with Crippen molar-refractivity contribution in [2.75, 3.05) is 14.1 Å². The van der Waals surface area contributed by atoms with Gasteiger partial charge in [0.2, 0.25) is 0 Å². The third-order valence-corrected chi connectivity index (χ3v) is 2.15. The molecule has 3 nitrogen and oxygen atoms in total. The van der Waals surface area contributed by atoms with Crippen LogP contribution in [-0.4, -0.2) is 24.9 Å². The SMILES string of the molecule is Cc1cc(OS)ccc1C(=O)N(C)C. The fraction of sp³-hybridized carbons (Fsp3) is 0.300. The van der Waals surface area contributed by atoms with Crippen LogP contribution >= 0.6 is 12.9 Å². The molecule has 0 aliphatic rings. The Labute approximate surface area is 89.3 Å². The second kappa shape index (κ2) is 4.37. The van der Waals surface area contributed by atoms with Crippen molar-refractivity contribution in [2.45, 2.75) is 6.92 Å². The molecule has 0 fully saturated rings. The molecule has 14 heavy (non-hydrogen) atoms. The van der Waals surface area contributed by atoms with Crippen molar-refractivity contribution < 1.29 is 8.98 Å². The van der Waals surface area contributed by atoms with Gasteiger partial charge in [0.25, 0.3) is 5.91 Å². The van der Waals surface area contributed by atoms with Crippen molar-refractivity contribution in [3.05, 3.63) is 29.3 Å². The van der Waals surface area contributed by atoms with Gasteiger partial charge in [-0.2, -0.15) is 0 Å². The first kappa shape index (κ1) is 10.9. The van der Waals surface area contributed by atoms with Crippen molar-refractivity contribution in [2.24, 2.45) is 0 Å². The summed E-state index contributed by atoms with van der Waals surface area (Å²) in [5, 5.41) is 0. The van der Waals surface area contributed by atoms with Crippen molar-refractivity contribution in [3.8, 4) is 5.75 Å². The molecule has 0 bridgehead atoms. The summed E-state index contributed by atoms with van der Waals surface area (Å²) in [6, 6.07) is 5.24. The predicted octanol–water partition coefficient (Wildman–Crippen LogP) is 1.92. The number of thiol groups is 1. The summed E-state index contributed by atoms with van der Waals surface area (Å²) < 4.78 is 4.76. The van der Waals surface area contributed by atoms with E-state index in [2.05, 4.69) is 12.9 Å². The molecule has 0 heterocycles. The molecule has 0 radical (unpaired) electrons. The molecule has 4 heteroatoms. The van der Waals surface area contributed by atoms with Crippen LogP contribution in [0.1, 0.15) is 15.9 Å². The first-order chi connectivity index (χ1) is 6.56. The molecule has 1 rings (SSSR count). The average Bonchev–Trinajstić information content (AvgIpc) is 2.16. The Morgan fingerprint density at radius 2 is 2.07 bits per heavy atom. The van der Waals surface area contributed by atoms with Crippen LogP contribution in [0.4, 0.5) is 0 Å². The molecular weight excluding hydrogens is 198 g/mol. The summed E-state index contributed by atoms with van der Waals surface area (Å²) in [5.74, 6) is 0.634. The summed E-state index contributed by atoms with van der Waals surface area (Å²) in [5.41, 5.74) is 1.57. The number of carbonyl (C=O) groups is 1. The van der Waals surface area contributed by atoms with E-state index in [-0.39, 0.29) is 5.91 Å². The third-order valence-electron chi connectivity index (χ3n) is 1.94. The quantitative estimate of drug-likeness (QED) is 0.598. The van der Waals surface area contributed by atoms with Gasteiger partial charge < -0.3 is 9.08 Å². The van der Waals surface area contributed by atoms with Gasteiger partial charge in [-0.3, -0.25) is 4.79 Å². The summed E-state index contributed by atoms with van der Waals surface area (Å²) in [6.07, 6.45) is 0. The molecular formula is C10H13NO2S. The van der Waals surface area contributed by atoms with E-state index >= 15 is 0 Å². The Bertz CT molecular complexity index is 350. The number of carbonyl (C=O) groups excluding carboxylic acids is 1. The highest BCUT2D eigenvalue weighted by atomic mass is 32.1. The van der Waals surface area contributed by atoms with Crippen LogP contribution in [0.5, 0.6) is 5.75 Å². The Balaban J connectivity index is 3.06. The van der Waals surface area contributed by atoms with Crippen LogP contribution in [0, 0.1) is 6.92 Å². The predicted molar refractivity (Wildman–Crippen MR) is 58.8 cm³/mol. The van der Waals surface area contributed by atoms with Crippen molar-refractivity contribution in [1.82, 2.24) is 4.90 Å². The van der Waals surface area contributed by atoms with Crippen LogP contribution in [-0.2, 0) is 0 Å². The second-order valence-corrected chi connectivity index (χ2v) is 3.45. The number of nitrogens with zero attached hydrogens (tertiary/aromatic N) is 1. The van der Waals surface area contributed by atoms with Crippen LogP contribution in [0.2, 0.25) is 0 Å². The van der Waals surface area contributed by atoms with Gasteiger partial charge in [0.1, 0.15) is 5.75 Å². The summed E-state index contributed by atoms with van der Waals surface area (Å²) in [4.78, 5) is 13.2. The van der Waals surface area contributed by atoms with Gasteiger partial charge in [-0.25, -0.2) is 0 Å². The molecule has 0 unspecified atom stereocenters. The second-order valence-electron chi connectivity index (χ2n) is 3.27. The molecule has 0 aromatic heterocycles. The lowest BCUT2D eigenvalue weighted by Crippen LogP contribution is -2.22. The molecule has 0 aliphatic heterocycles. The Morgan fingerprint density at radius 3 is 2.50 bits per heavy atom. The Kier molecular flexibility index (Phi) is 3.41. The highest BCUT2D eigenvalue weighted by Crippen LogP contribution is 2.18. The Morgan fingerprint density at radius 1 is 1.43 bits per heavy atom. The first-order valence-electron chi connectivity index (χ1n) is 4.20. The molecule has 0 saturated carbocycles. The van der Waals surface area contributed by atoms with E-state index in [1.807, 2.05) is 6.92 Å². The molecule has 1 amide bonds. The topological polar surface area (TPSA) is 29.5 Å². The van der Waals surface area contributed by atoms with E-state index in [0.717, 1.165) is 5.56 Å². The summed E-state index contributed by atoms with van der Waals surface area (Å²) in [6.45, 7) is 1.87. The zero-order valence-corrected chi connectivity index (χ0v) is 9.34. The number of amides is 1. The fourth-order valence-corrected chi connectivity index (χ4v) is 1.29. The molecule has 0 spiro atoms. The van der Waals surface area contributed by atoms with E-state index in [9.17, 15) is 4.79 Å². The van der Waals surface area contributed by atoms with Crippen LogP contribution in [0.25, 0.3) is 0 Å². The van der Waals surface area contributed by atoms with Gasteiger partial charge in [-0.05, 0) is 30.7 Å². The average molecular weight is 211 g/mol. The molecule has 1 aromatic carbocycles. The lowest BCUT2D eigenvalue weighted by Gasteiger charge is -2.12. The first-order valence-corrected chi connectivity index (χ1v) is 4.56. The third kappa shape index (κ3) is 2.20. The zero-order chi connectivity index (χ0) is 10.7. The van der Waals surface area contributed by atoms with E-state index in [1.165, 1.54) is 0 Å². The van der Waals surface area contributed by atoms with Gasteiger partial charge in [0.05, 0.1) is 0 Å². The van der Waals surface area contributed by atoms with Gasteiger partial charge in [-0.1, -0.05) is 0 Å². The molecule has 76 valence electrons. The maximum Gasteiger partial charge on any atom is 0.253 e. The smallest absolute Gasteiger partial charge is 0.253 e. The highest BCUT2D eigenvalue weighted by molar-refractivity contribution is 7.75. The maximum absolute atomic E-state index is 11.6. The van der Waals surface area contributed by atoms with Crippen molar-refractivity contribution in [3.63, 3.8) is 0 Å². The van der Waals surface area contributed by atoms with E-state index < -0.39 is 0 Å². The minimum absolute atomic E-state index is 0.00628. The lowest BCUT2D eigenvalue weighted by molar-refractivity contribution is 0.0827. The fourth-order valence-electron chi connectivity index (χ4n) is 1.17. The standard InChI is InChI=1S/C10H13NO2S/c1-7-6-8(13-14)4-5-9(7)10(12)11(2)3/h4-6,14H,1-3H3. The van der Waals surface area contributed by atoms with E-state index in [0.29, 0.717) is 11.3 Å².